The van der Waals surface area contributed by atoms with Crippen molar-refractivity contribution < 1.29 is 9.18 Å². The van der Waals surface area contributed by atoms with E-state index in [1.807, 2.05) is 0 Å². The zero-order valence-corrected chi connectivity index (χ0v) is 7.59. The fourth-order valence-corrected chi connectivity index (χ4v) is 1.55. The summed E-state index contributed by atoms with van der Waals surface area (Å²) in [6, 6.07) is 3.90. The second-order valence-electron chi connectivity index (χ2n) is 3.44. The molecule has 14 heavy (non-hydrogen) atoms. The normalized spacial score (nSPS) is 21.0. The number of halogens is 1. The number of amides is 1. The van der Waals surface area contributed by atoms with Crippen LogP contribution in [0.2, 0.25) is 0 Å². The maximum atomic E-state index is 12.9. The number of hydrogen-bond acceptors (Lipinski definition) is 2. The molecule has 0 unspecified atom stereocenters. The molecule has 1 atom stereocenters. The van der Waals surface area contributed by atoms with Crippen LogP contribution in [-0.4, -0.2) is 11.9 Å². The summed E-state index contributed by atoms with van der Waals surface area (Å²) >= 11 is 0. The fraction of sp³-hybridized carbons (Fsp3) is 0.300. The second kappa shape index (κ2) is 3.38. The molecule has 1 aromatic carbocycles. The monoisotopic (exact) mass is 194 g/mol. The van der Waals surface area contributed by atoms with Crippen molar-refractivity contribution in [2.75, 3.05) is 5.32 Å². The van der Waals surface area contributed by atoms with Crippen molar-refractivity contribution in [2.24, 2.45) is 5.73 Å². The van der Waals surface area contributed by atoms with Crippen molar-refractivity contribution >= 4 is 11.6 Å². The predicted molar refractivity (Wildman–Crippen MR) is 51.3 cm³/mol. The van der Waals surface area contributed by atoms with Crippen LogP contribution in [0.15, 0.2) is 18.2 Å². The SMILES string of the molecule is N[C@H]1CCc2ccc(F)cc2NC1=O. The Labute approximate surface area is 81.1 Å². The molecule has 2 rings (SSSR count). The van der Waals surface area contributed by atoms with Crippen molar-refractivity contribution in [3.8, 4) is 0 Å². The minimum Gasteiger partial charge on any atom is -0.324 e. The molecule has 3 nitrogen and oxygen atoms in total. The Morgan fingerprint density at radius 3 is 3.07 bits per heavy atom. The maximum absolute atomic E-state index is 12.9. The average molecular weight is 194 g/mol. The van der Waals surface area contributed by atoms with E-state index < -0.39 is 6.04 Å². The van der Waals surface area contributed by atoms with Crippen molar-refractivity contribution in [2.45, 2.75) is 18.9 Å². The van der Waals surface area contributed by atoms with Gasteiger partial charge in [0.1, 0.15) is 5.82 Å². The van der Waals surface area contributed by atoms with Gasteiger partial charge in [-0.25, -0.2) is 4.39 Å². The van der Waals surface area contributed by atoms with Crippen LogP contribution in [-0.2, 0) is 11.2 Å². The Bertz CT molecular complexity index is 378. The van der Waals surface area contributed by atoms with Gasteiger partial charge in [-0.15, -0.1) is 0 Å². The fourth-order valence-electron chi connectivity index (χ4n) is 1.55. The summed E-state index contributed by atoms with van der Waals surface area (Å²) in [4.78, 5) is 11.3. The molecular formula is C10H11FN2O. The Balaban J connectivity index is 2.38. The average Bonchev–Trinajstić information content (AvgIpc) is 2.27. The molecular weight excluding hydrogens is 183 g/mol. The molecule has 1 aliphatic heterocycles. The largest absolute Gasteiger partial charge is 0.324 e. The Morgan fingerprint density at radius 2 is 2.29 bits per heavy atom. The van der Waals surface area contributed by atoms with E-state index in [1.54, 1.807) is 6.07 Å². The molecule has 1 amide bonds. The summed E-state index contributed by atoms with van der Waals surface area (Å²) in [6.07, 6.45) is 1.31. The van der Waals surface area contributed by atoms with Crippen molar-refractivity contribution in [1.29, 1.82) is 0 Å². The number of carbonyl (C=O) groups is 1. The number of nitrogens with two attached hydrogens (primary N) is 1. The van der Waals surface area contributed by atoms with E-state index in [9.17, 15) is 9.18 Å². The first-order valence-electron chi connectivity index (χ1n) is 4.51. The first-order chi connectivity index (χ1) is 6.66. The summed E-state index contributed by atoms with van der Waals surface area (Å²) in [6.45, 7) is 0. The molecule has 0 aromatic heterocycles. The molecule has 0 saturated carbocycles. The first-order valence-corrected chi connectivity index (χ1v) is 4.51. The highest BCUT2D eigenvalue weighted by Crippen LogP contribution is 2.22. The van der Waals surface area contributed by atoms with E-state index in [0.29, 0.717) is 18.5 Å². The van der Waals surface area contributed by atoms with Gasteiger partial charge in [-0.3, -0.25) is 4.79 Å². The van der Waals surface area contributed by atoms with Gasteiger partial charge in [0.15, 0.2) is 0 Å². The van der Waals surface area contributed by atoms with E-state index >= 15 is 0 Å². The van der Waals surface area contributed by atoms with Crippen molar-refractivity contribution in [1.82, 2.24) is 0 Å². The summed E-state index contributed by atoms with van der Waals surface area (Å²) < 4.78 is 12.9. The Kier molecular flexibility index (Phi) is 2.21. The molecule has 0 fully saturated rings. The van der Waals surface area contributed by atoms with Gasteiger partial charge in [0, 0.05) is 5.69 Å². The third kappa shape index (κ3) is 1.61. The molecule has 1 heterocycles. The highest BCUT2D eigenvalue weighted by Gasteiger charge is 2.19. The Hall–Kier alpha value is -1.42. The number of hydrogen-bond donors (Lipinski definition) is 2. The summed E-state index contributed by atoms with van der Waals surface area (Å²) in [5, 5.41) is 2.61. The Morgan fingerprint density at radius 1 is 1.50 bits per heavy atom. The molecule has 0 aliphatic carbocycles. The zero-order chi connectivity index (χ0) is 10.1. The number of anilines is 1. The van der Waals surface area contributed by atoms with Gasteiger partial charge in [0.05, 0.1) is 6.04 Å². The lowest BCUT2D eigenvalue weighted by Crippen LogP contribution is -2.34. The maximum Gasteiger partial charge on any atom is 0.241 e. The zero-order valence-electron chi connectivity index (χ0n) is 7.59. The van der Waals surface area contributed by atoms with Gasteiger partial charge in [0.25, 0.3) is 0 Å². The van der Waals surface area contributed by atoms with E-state index in [4.69, 9.17) is 5.73 Å². The third-order valence-electron chi connectivity index (χ3n) is 2.39. The first kappa shape index (κ1) is 9.15. The quantitative estimate of drug-likeness (QED) is 0.648. The van der Waals surface area contributed by atoms with Crippen LogP contribution in [0, 0.1) is 5.82 Å². The minimum absolute atomic E-state index is 0.241. The van der Waals surface area contributed by atoms with Gasteiger partial charge < -0.3 is 11.1 Å². The molecule has 0 spiro atoms. The van der Waals surface area contributed by atoms with Gasteiger partial charge >= 0.3 is 0 Å². The number of benzene rings is 1. The number of aryl methyl sites for hydroxylation is 1. The molecule has 0 bridgehead atoms. The third-order valence-corrected chi connectivity index (χ3v) is 2.39. The van der Waals surface area contributed by atoms with E-state index in [-0.39, 0.29) is 11.7 Å². The van der Waals surface area contributed by atoms with Crippen molar-refractivity contribution in [3.05, 3.63) is 29.6 Å². The molecule has 3 N–H and O–H groups in total. The molecule has 74 valence electrons. The number of rotatable bonds is 0. The van der Waals surface area contributed by atoms with Crippen LogP contribution >= 0.6 is 0 Å². The molecule has 4 heteroatoms. The van der Waals surface area contributed by atoms with Gasteiger partial charge in [-0.1, -0.05) is 6.07 Å². The lowest BCUT2D eigenvalue weighted by Gasteiger charge is -2.06. The van der Waals surface area contributed by atoms with E-state index in [2.05, 4.69) is 5.32 Å². The van der Waals surface area contributed by atoms with Crippen LogP contribution < -0.4 is 11.1 Å². The number of fused-ring (bicyclic) bond motifs is 1. The smallest absolute Gasteiger partial charge is 0.241 e. The lowest BCUT2D eigenvalue weighted by molar-refractivity contribution is -0.117. The van der Waals surface area contributed by atoms with Crippen LogP contribution in [0.5, 0.6) is 0 Å². The standard InChI is InChI=1S/C10H11FN2O/c11-7-3-1-6-2-4-8(12)10(14)13-9(6)5-7/h1,3,5,8H,2,4,12H2,(H,13,14)/t8-/m0/s1. The highest BCUT2D eigenvalue weighted by molar-refractivity contribution is 5.96. The van der Waals surface area contributed by atoms with E-state index in [1.165, 1.54) is 12.1 Å². The van der Waals surface area contributed by atoms with Crippen LogP contribution in [0.4, 0.5) is 10.1 Å². The molecule has 0 radical (unpaired) electrons. The summed E-state index contributed by atoms with van der Waals surface area (Å²) in [7, 11) is 0. The van der Waals surface area contributed by atoms with E-state index in [0.717, 1.165) is 5.56 Å². The van der Waals surface area contributed by atoms with Crippen LogP contribution in [0.3, 0.4) is 0 Å². The van der Waals surface area contributed by atoms with Crippen LogP contribution in [0.25, 0.3) is 0 Å². The number of carbonyl (C=O) groups excluding carboxylic acids is 1. The highest BCUT2D eigenvalue weighted by atomic mass is 19.1. The van der Waals surface area contributed by atoms with Gasteiger partial charge in [-0.05, 0) is 30.5 Å². The van der Waals surface area contributed by atoms with Crippen LogP contribution in [0.1, 0.15) is 12.0 Å². The van der Waals surface area contributed by atoms with Crippen molar-refractivity contribution in [3.63, 3.8) is 0 Å². The second-order valence-corrected chi connectivity index (χ2v) is 3.44. The minimum atomic E-state index is -0.495. The van der Waals surface area contributed by atoms with Gasteiger partial charge in [-0.2, -0.15) is 0 Å². The topological polar surface area (TPSA) is 55.1 Å². The predicted octanol–water partition coefficient (Wildman–Crippen LogP) is 1.04. The summed E-state index contributed by atoms with van der Waals surface area (Å²) in [5.41, 5.74) is 7.07. The number of nitrogens with one attached hydrogen (secondary N) is 1. The molecule has 1 aliphatic rings. The molecule has 0 saturated heterocycles. The van der Waals surface area contributed by atoms with Gasteiger partial charge in [0.2, 0.25) is 5.91 Å². The lowest BCUT2D eigenvalue weighted by atomic mass is 10.1. The summed E-state index contributed by atoms with van der Waals surface area (Å²) in [5.74, 6) is -0.589. The molecule has 1 aromatic rings.